The Balaban J connectivity index is 0.00000208. The Morgan fingerprint density at radius 3 is 2.58 bits per heavy atom. The Hall–Kier alpha value is -2.54. The first kappa shape index (κ1) is 17.8. The fourth-order valence-corrected chi connectivity index (χ4v) is 2.11. The Bertz CT molecular complexity index is 685. The summed E-state index contributed by atoms with van der Waals surface area (Å²) in [6.45, 7) is 0.325. The summed E-state index contributed by atoms with van der Waals surface area (Å²) >= 11 is 0. The van der Waals surface area contributed by atoms with Gasteiger partial charge in [0.2, 0.25) is 11.8 Å². The molecular formula is C16H20ClN5O2. The van der Waals surface area contributed by atoms with Crippen LogP contribution in [-0.4, -0.2) is 34.2 Å². The van der Waals surface area contributed by atoms with Gasteiger partial charge in [0.05, 0.1) is 18.4 Å². The van der Waals surface area contributed by atoms with Crippen LogP contribution in [0.15, 0.2) is 42.7 Å². The maximum Gasteiger partial charge on any atom is 0.243 e. The van der Waals surface area contributed by atoms with Crippen molar-refractivity contribution in [2.45, 2.75) is 25.4 Å². The molecule has 3 rings (SSSR count). The van der Waals surface area contributed by atoms with Crippen LogP contribution in [0.1, 0.15) is 12.8 Å². The summed E-state index contributed by atoms with van der Waals surface area (Å²) in [4.78, 5) is 23.6. The lowest BCUT2D eigenvalue weighted by Crippen LogP contribution is -2.29. The molecule has 3 N–H and O–H groups in total. The number of nitrogens with zero attached hydrogens (tertiary/aromatic N) is 2. The summed E-state index contributed by atoms with van der Waals surface area (Å²) < 4.78 is 1.51. The molecule has 1 heterocycles. The van der Waals surface area contributed by atoms with Crippen LogP contribution in [0.4, 0.5) is 11.4 Å². The molecule has 1 aliphatic carbocycles. The van der Waals surface area contributed by atoms with Crippen LogP contribution in [0.2, 0.25) is 0 Å². The van der Waals surface area contributed by atoms with Gasteiger partial charge in [0.1, 0.15) is 6.54 Å². The third-order valence-corrected chi connectivity index (χ3v) is 3.39. The number of amides is 2. The Labute approximate surface area is 146 Å². The highest BCUT2D eigenvalue weighted by Gasteiger charge is 2.23. The zero-order chi connectivity index (χ0) is 16.1. The van der Waals surface area contributed by atoms with E-state index < -0.39 is 0 Å². The molecule has 1 fully saturated rings. The molecule has 8 heteroatoms. The summed E-state index contributed by atoms with van der Waals surface area (Å²) in [5.74, 6) is -0.227. The molecule has 0 radical (unpaired) electrons. The van der Waals surface area contributed by atoms with Crippen LogP contribution < -0.4 is 16.0 Å². The summed E-state index contributed by atoms with van der Waals surface area (Å²) in [7, 11) is 0. The van der Waals surface area contributed by atoms with Crippen LogP contribution in [0, 0.1) is 0 Å². The average molecular weight is 350 g/mol. The van der Waals surface area contributed by atoms with Gasteiger partial charge in [0.25, 0.3) is 0 Å². The van der Waals surface area contributed by atoms with Crippen molar-refractivity contribution >= 4 is 35.6 Å². The molecule has 0 spiro atoms. The lowest BCUT2D eigenvalue weighted by Gasteiger charge is -2.06. The number of hydrogen-bond acceptors (Lipinski definition) is 4. The van der Waals surface area contributed by atoms with Gasteiger partial charge in [0, 0.05) is 17.9 Å². The number of carbonyl (C=O) groups excluding carboxylic acids is 2. The molecular weight excluding hydrogens is 330 g/mol. The van der Waals surface area contributed by atoms with E-state index in [0.717, 1.165) is 18.5 Å². The zero-order valence-corrected chi connectivity index (χ0v) is 13.9. The van der Waals surface area contributed by atoms with Crippen LogP contribution in [0.25, 0.3) is 0 Å². The lowest BCUT2D eigenvalue weighted by molar-refractivity contribution is -0.122. The van der Waals surface area contributed by atoms with Crippen molar-refractivity contribution in [3.63, 3.8) is 0 Å². The van der Waals surface area contributed by atoms with Crippen LogP contribution in [-0.2, 0) is 16.1 Å². The van der Waals surface area contributed by atoms with E-state index in [4.69, 9.17) is 0 Å². The first-order chi connectivity index (χ1) is 11.2. The maximum absolute atomic E-state index is 11.9. The summed E-state index contributed by atoms with van der Waals surface area (Å²) in [6, 6.07) is 9.84. The number of aromatic nitrogens is 2. The number of nitrogens with one attached hydrogen (secondary N) is 3. The average Bonchev–Trinajstić information content (AvgIpc) is 3.25. The Kier molecular flexibility index (Phi) is 6.20. The van der Waals surface area contributed by atoms with Crippen molar-refractivity contribution < 1.29 is 9.59 Å². The molecule has 0 unspecified atom stereocenters. The van der Waals surface area contributed by atoms with E-state index in [1.807, 2.05) is 30.3 Å². The quantitative estimate of drug-likeness (QED) is 0.709. The third-order valence-electron chi connectivity index (χ3n) is 3.39. The first-order valence-electron chi connectivity index (χ1n) is 7.59. The van der Waals surface area contributed by atoms with E-state index in [1.165, 1.54) is 10.9 Å². The van der Waals surface area contributed by atoms with Gasteiger partial charge in [-0.1, -0.05) is 18.2 Å². The monoisotopic (exact) mass is 349 g/mol. The van der Waals surface area contributed by atoms with Gasteiger partial charge in [-0.15, -0.1) is 12.4 Å². The second-order valence-corrected chi connectivity index (χ2v) is 5.54. The second-order valence-electron chi connectivity index (χ2n) is 5.54. The number of benzene rings is 1. The van der Waals surface area contributed by atoms with Gasteiger partial charge in [-0.25, -0.2) is 0 Å². The number of rotatable bonds is 7. The summed E-state index contributed by atoms with van der Waals surface area (Å²) in [6.07, 6.45) is 5.29. The number of hydrogen-bond donors (Lipinski definition) is 3. The van der Waals surface area contributed by atoms with E-state index >= 15 is 0 Å². The largest absolute Gasteiger partial charge is 0.376 e. The van der Waals surface area contributed by atoms with Gasteiger partial charge in [-0.3, -0.25) is 14.3 Å². The Morgan fingerprint density at radius 2 is 1.88 bits per heavy atom. The van der Waals surface area contributed by atoms with E-state index in [2.05, 4.69) is 21.0 Å². The highest BCUT2D eigenvalue weighted by atomic mass is 35.5. The minimum absolute atomic E-state index is 0. The highest BCUT2D eigenvalue weighted by molar-refractivity contribution is 5.93. The van der Waals surface area contributed by atoms with Crippen molar-refractivity contribution in [2.75, 3.05) is 17.2 Å². The molecule has 0 bridgehead atoms. The van der Waals surface area contributed by atoms with E-state index in [-0.39, 0.29) is 37.3 Å². The van der Waals surface area contributed by atoms with Gasteiger partial charge in [0.15, 0.2) is 0 Å². The van der Waals surface area contributed by atoms with E-state index in [1.54, 1.807) is 6.20 Å². The lowest BCUT2D eigenvalue weighted by atomic mass is 10.3. The predicted octanol–water partition coefficient (Wildman–Crippen LogP) is 1.63. The molecule has 24 heavy (non-hydrogen) atoms. The molecule has 7 nitrogen and oxygen atoms in total. The number of halogens is 1. The minimum Gasteiger partial charge on any atom is -0.376 e. The summed E-state index contributed by atoms with van der Waals surface area (Å²) in [5, 5.41) is 12.7. The van der Waals surface area contributed by atoms with Crippen molar-refractivity contribution in [3.8, 4) is 0 Å². The third kappa shape index (κ3) is 5.58. The van der Waals surface area contributed by atoms with Crippen LogP contribution >= 0.6 is 12.4 Å². The standard InChI is InChI=1S/C16H19N5O2.ClH/c22-15(9-17-12-4-2-1-3-5-12)20-14-8-18-21(10-14)11-16(23)19-13-6-7-13;/h1-5,8,10,13,17H,6-7,9,11H2,(H,19,23)(H,20,22);1H. The number of anilines is 2. The van der Waals surface area contributed by atoms with Crippen molar-refractivity contribution in [2.24, 2.45) is 0 Å². The smallest absolute Gasteiger partial charge is 0.243 e. The van der Waals surface area contributed by atoms with Gasteiger partial charge in [-0.05, 0) is 25.0 Å². The van der Waals surface area contributed by atoms with Gasteiger partial charge >= 0.3 is 0 Å². The molecule has 1 aromatic heterocycles. The molecule has 0 aliphatic heterocycles. The van der Waals surface area contributed by atoms with Crippen molar-refractivity contribution in [1.82, 2.24) is 15.1 Å². The maximum atomic E-state index is 11.9. The van der Waals surface area contributed by atoms with Gasteiger partial charge < -0.3 is 16.0 Å². The fourth-order valence-electron chi connectivity index (χ4n) is 2.11. The zero-order valence-electron chi connectivity index (χ0n) is 13.1. The highest BCUT2D eigenvalue weighted by Crippen LogP contribution is 2.18. The molecule has 2 aromatic rings. The molecule has 1 saturated carbocycles. The molecule has 2 amide bonds. The number of para-hydroxylation sites is 1. The molecule has 0 saturated heterocycles. The molecule has 1 aliphatic rings. The van der Waals surface area contributed by atoms with E-state index in [0.29, 0.717) is 11.7 Å². The van der Waals surface area contributed by atoms with E-state index in [9.17, 15) is 9.59 Å². The first-order valence-corrected chi connectivity index (χ1v) is 7.59. The van der Waals surface area contributed by atoms with Crippen molar-refractivity contribution in [3.05, 3.63) is 42.7 Å². The second kappa shape index (κ2) is 8.35. The fraction of sp³-hybridized carbons (Fsp3) is 0.312. The molecule has 128 valence electrons. The molecule has 0 atom stereocenters. The van der Waals surface area contributed by atoms with Crippen LogP contribution in [0.5, 0.6) is 0 Å². The molecule has 1 aromatic carbocycles. The SMILES string of the molecule is Cl.O=C(CNc1ccccc1)Nc1cnn(CC(=O)NC2CC2)c1. The number of carbonyl (C=O) groups is 2. The topological polar surface area (TPSA) is 88.1 Å². The van der Waals surface area contributed by atoms with Gasteiger partial charge in [-0.2, -0.15) is 5.10 Å². The van der Waals surface area contributed by atoms with Crippen molar-refractivity contribution in [1.29, 1.82) is 0 Å². The normalized spacial score (nSPS) is 12.8. The van der Waals surface area contributed by atoms with Crippen LogP contribution in [0.3, 0.4) is 0 Å². The minimum atomic E-state index is -0.171. The predicted molar refractivity (Wildman–Crippen MR) is 94.2 cm³/mol. The Morgan fingerprint density at radius 1 is 1.12 bits per heavy atom. The summed E-state index contributed by atoms with van der Waals surface area (Å²) in [5.41, 5.74) is 1.46.